The van der Waals surface area contributed by atoms with Crippen molar-refractivity contribution in [3.8, 4) is 11.5 Å². The van der Waals surface area contributed by atoms with Gasteiger partial charge >= 0.3 is 5.37 Å². The molecule has 25 heavy (non-hydrogen) atoms. The van der Waals surface area contributed by atoms with E-state index in [1.165, 1.54) is 0 Å². The number of aromatic nitrogens is 2. The topological polar surface area (TPSA) is 67.8 Å². The predicted octanol–water partition coefficient (Wildman–Crippen LogP) is 2.91. The first-order chi connectivity index (χ1) is 12.1. The van der Waals surface area contributed by atoms with Gasteiger partial charge in [-0.25, -0.2) is 9.97 Å². The van der Waals surface area contributed by atoms with Crippen molar-refractivity contribution in [2.45, 2.75) is 13.8 Å². The Balaban J connectivity index is 1.96. The Morgan fingerprint density at radius 1 is 1.08 bits per heavy atom. The van der Waals surface area contributed by atoms with E-state index in [4.69, 9.17) is 21.1 Å². The van der Waals surface area contributed by atoms with Crippen LogP contribution >= 0.6 is 11.6 Å². The van der Waals surface area contributed by atoms with Gasteiger partial charge in [-0.1, -0.05) is 0 Å². The number of halogens is 1. The van der Waals surface area contributed by atoms with E-state index in [0.29, 0.717) is 50.9 Å². The van der Waals surface area contributed by atoms with Gasteiger partial charge < -0.3 is 19.3 Å². The largest absolute Gasteiger partial charge is 0.490 e. The molecular formula is C17H21ClN4O3. The molecule has 0 N–H and O–H groups in total. The fourth-order valence-electron chi connectivity index (χ4n) is 2.93. The van der Waals surface area contributed by atoms with Crippen LogP contribution in [-0.4, -0.2) is 59.6 Å². The Labute approximate surface area is 151 Å². The molecule has 1 amide bonds. The number of hydrogen-bond donors (Lipinski definition) is 0. The number of piperazine rings is 1. The van der Waals surface area contributed by atoms with Crippen LogP contribution in [-0.2, 0) is 0 Å². The summed E-state index contributed by atoms with van der Waals surface area (Å²) < 4.78 is 11.4. The highest BCUT2D eigenvalue weighted by atomic mass is 35.5. The van der Waals surface area contributed by atoms with Crippen molar-refractivity contribution < 1.29 is 14.3 Å². The molecule has 1 aromatic heterocycles. The highest BCUT2D eigenvalue weighted by Gasteiger charge is 2.23. The average molecular weight is 365 g/mol. The van der Waals surface area contributed by atoms with E-state index in [-0.39, 0.29) is 0 Å². The van der Waals surface area contributed by atoms with Crippen LogP contribution in [0.15, 0.2) is 18.5 Å². The number of rotatable bonds is 5. The summed E-state index contributed by atoms with van der Waals surface area (Å²) in [6, 6.07) is 3.81. The minimum atomic E-state index is -0.410. The van der Waals surface area contributed by atoms with Gasteiger partial charge in [0.25, 0.3) is 0 Å². The Kier molecular flexibility index (Phi) is 5.43. The van der Waals surface area contributed by atoms with Gasteiger partial charge in [0, 0.05) is 37.6 Å². The third-order valence-corrected chi connectivity index (χ3v) is 4.35. The van der Waals surface area contributed by atoms with Crippen LogP contribution in [0, 0.1) is 0 Å². The number of ether oxygens (including phenoxy) is 2. The average Bonchev–Trinajstić information content (AvgIpc) is 2.62. The molecule has 0 saturated carbocycles. The van der Waals surface area contributed by atoms with Gasteiger partial charge in [-0.3, -0.25) is 4.79 Å². The summed E-state index contributed by atoms with van der Waals surface area (Å²) in [7, 11) is 0. The van der Waals surface area contributed by atoms with Crippen LogP contribution in [0.4, 0.5) is 10.6 Å². The molecule has 0 spiro atoms. The summed E-state index contributed by atoms with van der Waals surface area (Å²) in [5, 5.41) is 0.493. The molecule has 1 aliphatic heterocycles. The van der Waals surface area contributed by atoms with E-state index < -0.39 is 5.37 Å². The normalized spacial score (nSPS) is 14.7. The van der Waals surface area contributed by atoms with E-state index >= 15 is 0 Å². The lowest BCUT2D eigenvalue weighted by molar-refractivity contribution is 0.218. The summed E-state index contributed by atoms with van der Waals surface area (Å²) in [6.45, 7) is 7.45. The van der Waals surface area contributed by atoms with Crippen LogP contribution in [0.3, 0.4) is 0 Å². The highest BCUT2D eigenvalue weighted by molar-refractivity contribution is 6.62. The van der Waals surface area contributed by atoms with Crippen molar-refractivity contribution >= 4 is 33.7 Å². The number of anilines is 1. The Bertz CT molecular complexity index is 763. The van der Waals surface area contributed by atoms with Crippen LogP contribution in [0.25, 0.3) is 10.9 Å². The first-order valence-electron chi connectivity index (χ1n) is 8.37. The summed E-state index contributed by atoms with van der Waals surface area (Å²) >= 11 is 5.56. The number of benzene rings is 1. The zero-order valence-corrected chi connectivity index (χ0v) is 15.1. The lowest BCUT2D eigenvalue weighted by Gasteiger charge is -2.34. The number of fused-ring (bicyclic) bond motifs is 1. The summed E-state index contributed by atoms with van der Waals surface area (Å²) in [4.78, 5) is 23.9. The van der Waals surface area contributed by atoms with Crippen molar-refractivity contribution in [2.75, 3.05) is 44.3 Å². The maximum Gasteiger partial charge on any atom is 0.316 e. The van der Waals surface area contributed by atoms with Crippen LogP contribution < -0.4 is 14.4 Å². The van der Waals surface area contributed by atoms with Crippen molar-refractivity contribution in [2.24, 2.45) is 0 Å². The zero-order chi connectivity index (χ0) is 17.8. The molecule has 0 aliphatic carbocycles. The molecule has 3 rings (SSSR count). The molecule has 0 radical (unpaired) electrons. The molecule has 7 nitrogen and oxygen atoms in total. The summed E-state index contributed by atoms with van der Waals surface area (Å²) in [5.74, 6) is 2.19. The maximum atomic E-state index is 11.3. The molecular weight excluding hydrogens is 344 g/mol. The number of hydrogen-bond acceptors (Lipinski definition) is 6. The van der Waals surface area contributed by atoms with E-state index in [9.17, 15) is 4.79 Å². The van der Waals surface area contributed by atoms with E-state index in [1.54, 1.807) is 11.2 Å². The van der Waals surface area contributed by atoms with Crippen molar-refractivity contribution in [3.05, 3.63) is 18.5 Å². The monoisotopic (exact) mass is 364 g/mol. The van der Waals surface area contributed by atoms with Crippen LogP contribution in [0.1, 0.15) is 13.8 Å². The number of carbonyl (C=O) groups is 1. The SMILES string of the molecule is CCOc1cc2ncnc(N3CCN(C(=O)Cl)CC3)c2cc1OCC. The van der Waals surface area contributed by atoms with E-state index in [0.717, 1.165) is 16.7 Å². The van der Waals surface area contributed by atoms with Gasteiger partial charge in [-0.05, 0) is 31.5 Å². The van der Waals surface area contributed by atoms with Gasteiger partial charge in [-0.15, -0.1) is 0 Å². The van der Waals surface area contributed by atoms with Gasteiger partial charge in [0.1, 0.15) is 12.1 Å². The molecule has 134 valence electrons. The molecule has 2 heterocycles. The lowest BCUT2D eigenvalue weighted by Crippen LogP contribution is -2.47. The number of carbonyl (C=O) groups excluding carboxylic acids is 1. The minimum absolute atomic E-state index is 0.410. The predicted molar refractivity (Wildman–Crippen MR) is 96.9 cm³/mol. The minimum Gasteiger partial charge on any atom is -0.490 e. The lowest BCUT2D eigenvalue weighted by atomic mass is 10.2. The second-order valence-corrected chi connectivity index (χ2v) is 5.93. The fraction of sp³-hybridized carbons (Fsp3) is 0.471. The summed E-state index contributed by atoms with van der Waals surface area (Å²) in [5.41, 5.74) is 0.799. The van der Waals surface area contributed by atoms with Crippen molar-refractivity contribution in [3.63, 3.8) is 0 Å². The first kappa shape index (κ1) is 17.5. The Hall–Kier alpha value is -2.28. The molecule has 1 aromatic carbocycles. The third-order valence-electron chi connectivity index (χ3n) is 4.11. The number of amides is 1. The van der Waals surface area contributed by atoms with E-state index in [2.05, 4.69) is 14.9 Å². The molecule has 2 aromatic rings. The summed E-state index contributed by atoms with van der Waals surface area (Å²) in [6.07, 6.45) is 1.55. The van der Waals surface area contributed by atoms with Gasteiger partial charge in [0.2, 0.25) is 0 Å². The van der Waals surface area contributed by atoms with E-state index in [1.807, 2.05) is 26.0 Å². The standard InChI is InChI=1S/C17H21ClN4O3/c1-3-24-14-9-12-13(10-15(14)25-4-2)19-11-20-16(12)21-5-7-22(8-6-21)17(18)23/h9-11H,3-8H2,1-2H3. The fourth-order valence-corrected chi connectivity index (χ4v) is 3.10. The zero-order valence-electron chi connectivity index (χ0n) is 14.4. The highest BCUT2D eigenvalue weighted by Crippen LogP contribution is 2.35. The number of nitrogens with zero attached hydrogens (tertiary/aromatic N) is 4. The maximum absolute atomic E-state index is 11.3. The smallest absolute Gasteiger partial charge is 0.316 e. The molecule has 8 heteroatoms. The second-order valence-electron chi connectivity index (χ2n) is 5.61. The molecule has 0 atom stereocenters. The Morgan fingerprint density at radius 2 is 1.72 bits per heavy atom. The molecule has 0 bridgehead atoms. The van der Waals surface area contributed by atoms with Gasteiger partial charge in [0.15, 0.2) is 11.5 Å². The van der Waals surface area contributed by atoms with Crippen molar-refractivity contribution in [1.82, 2.24) is 14.9 Å². The molecule has 1 aliphatic rings. The van der Waals surface area contributed by atoms with Gasteiger partial charge in [0.05, 0.1) is 18.7 Å². The second kappa shape index (κ2) is 7.74. The Morgan fingerprint density at radius 3 is 2.32 bits per heavy atom. The molecule has 0 unspecified atom stereocenters. The molecule has 1 saturated heterocycles. The molecule has 1 fully saturated rings. The van der Waals surface area contributed by atoms with Crippen LogP contribution in [0.2, 0.25) is 0 Å². The van der Waals surface area contributed by atoms with Crippen molar-refractivity contribution in [1.29, 1.82) is 0 Å². The third kappa shape index (κ3) is 3.71. The quantitative estimate of drug-likeness (QED) is 0.600. The first-order valence-corrected chi connectivity index (χ1v) is 8.75. The van der Waals surface area contributed by atoms with Crippen LogP contribution in [0.5, 0.6) is 11.5 Å². The van der Waals surface area contributed by atoms with Gasteiger partial charge in [-0.2, -0.15) is 0 Å².